The molecule has 0 radical (unpaired) electrons. The van der Waals surface area contributed by atoms with Gasteiger partial charge in [0.2, 0.25) is 0 Å². The smallest absolute Gasteiger partial charge is 0.312 e. The number of rotatable bonds is 4. The summed E-state index contributed by atoms with van der Waals surface area (Å²) in [5.74, 6) is -0.178. The summed E-state index contributed by atoms with van der Waals surface area (Å²) < 4.78 is 29.9. The Morgan fingerprint density at radius 1 is 1.06 bits per heavy atom. The first-order valence-electron chi connectivity index (χ1n) is 9.84. The van der Waals surface area contributed by atoms with E-state index in [4.69, 9.17) is 0 Å². The molecule has 0 saturated heterocycles. The van der Waals surface area contributed by atoms with E-state index in [0.717, 1.165) is 5.56 Å². The molecule has 5 rings (SSSR count). The lowest BCUT2D eigenvalue weighted by atomic mass is 10.1. The van der Waals surface area contributed by atoms with Crippen molar-refractivity contribution in [3.63, 3.8) is 0 Å². The zero-order valence-corrected chi connectivity index (χ0v) is 17.1. The van der Waals surface area contributed by atoms with E-state index in [1.54, 1.807) is 44.2 Å². The van der Waals surface area contributed by atoms with Gasteiger partial charge in [-0.2, -0.15) is 14.4 Å². The number of aromatic amines is 1. The maximum absolute atomic E-state index is 14.8. The highest BCUT2D eigenvalue weighted by Crippen LogP contribution is 2.25. The molecule has 0 amide bonds. The van der Waals surface area contributed by atoms with Crippen molar-refractivity contribution in [3.05, 3.63) is 82.4 Å². The number of aromatic nitrogens is 6. The molecular weight excluding hydrogens is 416 g/mol. The number of H-pyrrole nitrogens is 1. The standard InChI is InChI=1S/C22H17F2N7O/c1-11-6-5-8-14-16(11)21(32)31(15-9-4-3-7-13(15)23)20(28-14)12(2)27-19-17-18(26-10-25-17)29-22(24)30-19/h3-10,12H,1-2H3,(H2,25,26,27,29,30). The Kier molecular flexibility index (Phi) is 4.62. The zero-order valence-electron chi connectivity index (χ0n) is 17.1. The van der Waals surface area contributed by atoms with Crippen molar-refractivity contribution in [1.82, 2.24) is 29.5 Å². The molecule has 0 aliphatic carbocycles. The van der Waals surface area contributed by atoms with Crippen LogP contribution >= 0.6 is 0 Å². The normalized spacial score (nSPS) is 12.4. The Morgan fingerprint density at radius 2 is 1.88 bits per heavy atom. The third kappa shape index (κ3) is 3.16. The summed E-state index contributed by atoms with van der Waals surface area (Å²) in [6.45, 7) is 3.53. The number of aryl methyl sites for hydroxylation is 1. The summed E-state index contributed by atoms with van der Waals surface area (Å²) in [4.78, 5) is 32.5. The van der Waals surface area contributed by atoms with Gasteiger partial charge < -0.3 is 10.3 Å². The van der Waals surface area contributed by atoms with Gasteiger partial charge in [0.25, 0.3) is 5.56 Å². The number of fused-ring (bicyclic) bond motifs is 2. The van der Waals surface area contributed by atoms with Crippen LogP contribution in [0, 0.1) is 18.8 Å². The van der Waals surface area contributed by atoms with E-state index >= 15 is 0 Å². The van der Waals surface area contributed by atoms with Gasteiger partial charge in [-0.1, -0.05) is 24.3 Å². The zero-order chi connectivity index (χ0) is 22.4. The first-order valence-corrected chi connectivity index (χ1v) is 9.84. The highest BCUT2D eigenvalue weighted by atomic mass is 19.1. The second-order valence-electron chi connectivity index (χ2n) is 7.34. The lowest BCUT2D eigenvalue weighted by Gasteiger charge is -2.21. The number of halogens is 2. The fraction of sp³-hybridized carbons (Fsp3) is 0.136. The predicted molar refractivity (Wildman–Crippen MR) is 116 cm³/mol. The van der Waals surface area contributed by atoms with Gasteiger partial charge in [0.1, 0.15) is 17.2 Å². The van der Waals surface area contributed by atoms with Gasteiger partial charge in [-0.3, -0.25) is 9.36 Å². The van der Waals surface area contributed by atoms with Crippen molar-refractivity contribution in [2.75, 3.05) is 5.32 Å². The highest BCUT2D eigenvalue weighted by Gasteiger charge is 2.22. The van der Waals surface area contributed by atoms with Crippen LogP contribution in [0.2, 0.25) is 0 Å². The Bertz CT molecular complexity index is 1540. The monoisotopic (exact) mass is 433 g/mol. The molecule has 0 spiro atoms. The van der Waals surface area contributed by atoms with E-state index in [0.29, 0.717) is 16.4 Å². The van der Waals surface area contributed by atoms with Crippen molar-refractivity contribution < 1.29 is 8.78 Å². The van der Waals surface area contributed by atoms with Crippen molar-refractivity contribution in [2.24, 2.45) is 0 Å². The molecule has 1 unspecified atom stereocenters. The van der Waals surface area contributed by atoms with Gasteiger partial charge in [0.05, 0.1) is 29.0 Å². The van der Waals surface area contributed by atoms with E-state index in [1.165, 1.54) is 23.0 Å². The van der Waals surface area contributed by atoms with Crippen LogP contribution in [0.15, 0.2) is 53.6 Å². The van der Waals surface area contributed by atoms with Gasteiger partial charge in [0.15, 0.2) is 11.5 Å². The average molecular weight is 433 g/mol. The molecular formula is C22H17F2N7O. The number of benzene rings is 2. The van der Waals surface area contributed by atoms with Crippen LogP contribution in [0.25, 0.3) is 27.8 Å². The summed E-state index contributed by atoms with van der Waals surface area (Å²) in [6.07, 6.45) is 0.425. The molecule has 0 fully saturated rings. The molecule has 3 heterocycles. The van der Waals surface area contributed by atoms with Crippen LogP contribution in [0.3, 0.4) is 0 Å². The van der Waals surface area contributed by atoms with Gasteiger partial charge >= 0.3 is 6.08 Å². The highest BCUT2D eigenvalue weighted by molar-refractivity contribution is 5.83. The molecule has 0 aliphatic rings. The van der Waals surface area contributed by atoms with Crippen molar-refractivity contribution in [2.45, 2.75) is 19.9 Å². The number of hydrogen-bond donors (Lipinski definition) is 2. The summed E-state index contributed by atoms with van der Waals surface area (Å²) in [6, 6.07) is 10.6. The van der Waals surface area contributed by atoms with Crippen molar-refractivity contribution in [1.29, 1.82) is 0 Å². The fourth-order valence-corrected chi connectivity index (χ4v) is 3.75. The number of imidazole rings is 1. The third-order valence-electron chi connectivity index (χ3n) is 5.22. The Labute approximate surface area is 180 Å². The molecule has 2 aromatic carbocycles. The van der Waals surface area contributed by atoms with Crippen LogP contribution in [0.5, 0.6) is 0 Å². The van der Waals surface area contributed by atoms with Crippen LogP contribution < -0.4 is 10.9 Å². The fourth-order valence-electron chi connectivity index (χ4n) is 3.75. The number of nitrogens with zero attached hydrogens (tertiary/aromatic N) is 5. The summed E-state index contributed by atoms with van der Waals surface area (Å²) >= 11 is 0. The minimum Gasteiger partial charge on any atom is -0.358 e. The molecule has 0 saturated carbocycles. The van der Waals surface area contributed by atoms with E-state index in [2.05, 4.69) is 30.2 Å². The predicted octanol–water partition coefficient (Wildman–Crippen LogP) is 3.81. The minimum atomic E-state index is -0.951. The lowest BCUT2D eigenvalue weighted by Crippen LogP contribution is -2.28. The second-order valence-corrected chi connectivity index (χ2v) is 7.34. The molecule has 2 N–H and O–H groups in total. The molecule has 10 heteroatoms. The van der Waals surface area contributed by atoms with Gasteiger partial charge in [-0.15, -0.1) is 0 Å². The van der Waals surface area contributed by atoms with Crippen LogP contribution in [-0.2, 0) is 0 Å². The topological polar surface area (TPSA) is 101 Å². The first-order chi connectivity index (χ1) is 15.4. The molecule has 0 bridgehead atoms. The number of hydrogen-bond acceptors (Lipinski definition) is 6. The van der Waals surface area contributed by atoms with Crippen LogP contribution in [-0.4, -0.2) is 29.5 Å². The average Bonchev–Trinajstić information content (AvgIpc) is 3.23. The molecule has 1 atom stereocenters. The molecule has 32 heavy (non-hydrogen) atoms. The number of anilines is 1. The maximum atomic E-state index is 14.8. The van der Waals surface area contributed by atoms with Gasteiger partial charge in [0, 0.05) is 0 Å². The Hall–Kier alpha value is -4.21. The SMILES string of the molecule is Cc1cccc2nc(C(C)Nc3nc(F)nc4nc[nH]c34)n(-c3ccccc3F)c(=O)c12. The molecule has 160 valence electrons. The maximum Gasteiger partial charge on any atom is 0.312 e. The van der Waals surface area contributed by atoms with E-state index in [1.807, 2.05) is 0 Å². The van der Waals surface area contributed by atoms with Crippen molar-refractivity contribution in [3.8, 4) is 5.69 Å². The van der Waals surface area contributed by atoms with E-state index in [-0.39, 0.29) is 23.0 Å². The Morgan fingerprint density at radius 3 is 2.69 bits per heavy atom. The molecule has 3 aromatic heterocycles. The summed E-state index contributed by atoms with van der Waals surface area (Å²) in [5, 5.41) is 3.46. The first kappa shape index (κ1) is 19.7. The molecule has 5 aromatic rings. The molecule has 8 nitrogen and oxygen atoms in total. The van der Waals surface area contributed by atoms with Gasteiger partial charge in [-0.05, 0) is 37.6 Å². The number of para-hydroxylation sites is 1. The van der Waals surface area contributed by atoms with Crippen LogP contribution in [0.1, 0.15) is 24.4 Å². The molecule has 0 aliphatic heterocycles. The lowest BCUT2D eigenvalue weighted by molar-refractivity contribution is 0.544. The van der Waals surface area contributed by atoms with E-state index in [9.17, 15) is 13.6 Å². The Balaban J connectivity index is 1.74. The largest absolute Gasteiger partial charge is 0.358 e. The summed E-state index contributed by atoms with van der Waals surface area (Å²) in [5.41, 5.74) is 1.43. The van der Waals surface area contributed by atoms with Gasteiger partial charge in [-0.25, -0.2) is 14.4 Å². The van der Waals surface area contributed by atoms with E-state index < -0.39 is 23.5 Å². The number of nitrogens with one attached hydrogen (secondary N) is 2. The second kappa shape index (κ2) is 7.49. The van der Waals surface area contributed by atoms with Crippen LogP contribution in [0.4, 0.5) is 14.6 Å². The van der Waals surface area contributed by atoms with Crippen molar-refractivity contribution >= 4 is 27.9 Å². The summed E-state index contributed by atoms with van der Waals surface area (Å²) in [7, 11) is 0. The minimum absolute atomic E-state index is 0.0689. The quantitative estimate of drug-likeness (QED) is 0.418. The third-order valence-corrected chi connectivity index (χ3v) is 5.22.